The second-order valence-electron chi connectivity index (χ2n) is 4.21. The zero-order valence-corrected chi connectivity index (χ0v) is 7.12. The Hall–Kier alpha value is -0.790. The lowest BCUT2D eigenvalue weighted by Crippen LogP contribution is -2.33. The van der Waals surface area contributed by atoms with Crippen molar-refractivity contribution in [2.24, 2.45) is 5.41 Å². The van der Waals surface area contributed by atoms with Crippen LogP contribution in [0.3, 0.4) is 0 Å². The topological polar surface area (TPSA) is 17.8 Å². The van der Waals surface area contributed by atoms with Crippen LogP contribution >= 0.6 is 0 Å². The molecule has 2 rings (SSSR count). The maximum atomic E-state index is 4.22. The van der Waals surface area contributed by atoms with Crippen molar-refractivity contribution in [3.05, 3.63) is 18.5 Å². The van der Waals surface area contributed by atoms with Gasteiger partial charge >= 0.3 is 0 Å². The van der Waals surface area contributed by atoms with Crippen LogP contribution in [0.2, 0.25) is 0 Å². The molecule has 0 spiro atoms. The van der Waals surface area contributed by atoms with Crippen LogP contribution < -0.4 is 0 Å². The van der Waals surface area contributed by atoms with Crippen molar-refractivity contribution in [2.75, 3.05) is 0 Å². The van der Waals surface area contributed by atoms with E-state index in [2.05, 4.69) is 29.8 Å². The Bertz CT molecular complexity index is 228. The molecule has 0 atom stereocenters. The first-order valence-electron chi connectivity index (χ1n) is 4.16. The summed E-state index contributed by atoms with van der Waals surface area (Å²) in [7, 11) is 0. The normalized spacial score (nSPS) is 23.1. The maximum absolute atomic E-state index is 4.22. The third kappa shape index (κ3) is 1.17. The molecular formula is C9H14N2. The Morgan fingerprint density at radius 3 is 2.64 bits per heavy atom. The predicted molar refractivity (Wildman–Crippen MR) is 44.3 cm³/mol. The van der Waals surface area contributed by atoms with Crippen molar-refractivity contribution >= 4 is 0 Å². The second kappa shape index (κ2) is 2.10. The van der Waals surface area contributed by atoms with E-state index in [9.17, 15) is 0 Å². The number of rotatable bonds is 1. The molecule has 0 amide bonds. The van der Waals surface area contributed by atoms with Crippen LogP contribution in [-0.4, -0.2) is 9.78 Å². The van der Waals surface area contributed by atoms with Crippen molar-refractivity contribution in [1.82, 2.24) is 9.78 Å². The molecule has 1 aromatic rings. The van der Waals surface area contributed by atoms with E-state index in [1.54, 1.807) is 0 Å². The molecule has 0 bridgehead atoms. The molecule has 2 nitrogen and oxygen atoms in total. The Kier molecular flexibility index (Phi) is 1.31. The third-order valence-corrected chi connectivity index (χ3v) is 2.48. The molecule has 0 aliphatic heterocycles. The molecule has 0 saturated heterocycles. The fourth-order valence-corrected chi connectivity index (χ4v) is 1.90. The summed E-state index contributed by atoms with van der Waals surface area (Å²) in [6, 6.07) is 2.66. The largest absolute Gasteiger partial charge is 0.270 e. The van der Waals surface area contributed by atoms with Gasteiger partial charge in [-0.25, -0.2) is 0 Å². The molecule has 1 aliphatic carbocycles. The van der Waals surface area contributed by atoms with Crippen LogP contribution in [0.25, 0.3) is 0 Å². The molecule has 1 heterocycles. The number of hydrogen-bond donors (Lipinski definition) is 0. The van der Waals surface area contributed by atoms with Crippen molar-refractivity contribution in [3.8, 4) is 0 Å². The fourth-order valence-electron chi connectivity index (χ4n) is 1.90. The lowest BCUT2D eigenvalue weighted by Gasteiger charge is -2.42. The SMILES string of the molecule is CC1(C)CC(n2cccn2)C1. The highest BCUT2D eigenvalue weighted by Gasteiger charge is 2.37. The van der Waals surface area contributed by atoms with E-state index >= 15 is 0 Å². The summed E-state index contributed by atoms with van der Waals surface area (Å²) in [6.45, 7) is 4.62. The Morgan fingerprint density at radius 2 is 2.18 bits per heavy atom. The van der Waals surface area contributed by atoms with Crippen LogP contribution in [0, 0.1) is 5.41 Å². The molecule has 1 aromatic heterocycles. The summed E-state index contributed by atoms with van der Waals surface area (Å²) in [5.41, 5.74) is 0.552. The third-order valence-electron chi connectivity index (χ3n) is 2.48. The van der Waals surface area contributed by atoms with Gasteiger partial charge in [-0.3, -0.25) is 4.68 Å². The van der Waals surface area contributed by atoms with Gasteiger partial charge in [0.1, 0.15) is 0 Å². The number of aromatic nitrogens is 2. The van der Waals surface area contributed by atoms with Crippen molar-refractivity contribution in [3.63, 3.8) is 0 Å². The Morgan fingerprint density at radius 1 is 1.45 bits per heavy atom. The smallest absolute Gasteiger partial charge is 0.0529 e. The predicted octanol–water partition coefficient (Wildman–Crippen LogP) is 2.24. The van der Waals surface area contributed by atoms with E-state index in [1.165, 1.54) is 12.8 Å². The summed E-state index contributed by atoms with van der Waals surface area (Å²) in [4.78, 5) is 0. The van der Waals surface area contributed by atoms with Gasteiger partial charge in [-0.15, -0.1) is 0 Å². The average Bonchev–Trinajstić information content (AvgIpc) is 2.32. The quantitative estimate of drug-likeness (QED) is 0.600. The van der Waals surface area contributed by atoms with Crippen molar-refractivity contribution in [2.45, 2.75) is 32.7 Å². The van der Waals surface area contributed by atoms with E-state index in [-0.39, 0.29) is 0 Å². The van der Waals surface area contributed by atoms with Gasteiger partial charge < -0.3 is 0 Å². The van der Waals surface area contributed by atoms with Crippen LogP contribution in [0.4, 0.5) is 0 Å². The summed E-state index contributed by atoms with van der Waals surface area (Å²) in [5, 5.41) is 4.22. The van der Waals surface area contributed by atoms with Gasteiger partial charge in [0.2, 0.25) is 0 Å². The highest BCUT2D eigenvalue weighted by atomic mass is 15.3. The summed E-state index contributed by atoms with van der Waals surface area (Å²) < 4.78 is 2.07. The minimum absolute atomic E-state index is 0.552. The van der Waals surface area contributed by atoms with Crippen molar-refractivity contribution < 1.29 is 0 Å². The summed E-state index contributed by atoms with van der Waals surface area (Å²) in [5.74, 6) is 0. The van der Waals surface area contributed by atoms with Gasteiger partial charge in [0.15, 0.2) is 0 Å². The number of hydrogen-bond acceptors (Lipinski definition) is 1. The molecule has 0 unspecified atom stereocenters. The summed E-state index contributed by atoms with van der Waals surface area (Å²) >= 11 is 0. The molecule has 0 radical (unpaired) electrons. The van der Waals surface area contributed by atoms with E-state index in [0.717, 1.165) is 0 Å². The highest BCUT2D eigenvalue weighted by Crippen LogP contribution is 2.47. The molecule has 0 aromatic carbocycles. The second-order valence-corrected chi connectivity index (χ2v) is 4.21. The first-order chi connectivity index (χ1) is 5.17. The Labute approximate surface area is 67.2 Å². The minimum atomic E-state index is 0.552. The lowest BCUT2D eigenvalue weighted by atomic mass is 9.68. The maximum Gasteiger partial charge on any atom is 0.0529 e. The Balaban J connectivity index is 2.03. The van der Waals surface area contributed by atoms with Crippen molar-refractivity contribution in [1.29, 1.82) is 0 Å². The van der Waals surface area contributed by atoms with Gasteiger partial charge in [0, 0.05) is 12.4 Å². The van der Waals surface area contributed by atoms with Gasteiger partial charge in [-0.1, -0.05) is 13.8 Å². The highest BCUT2D eigenvalue weighted by molar-refractivity contribution is 4.92. The van der Waals surface area contributed by atoms with Gasteiger partial charge in [-0.2, -0.15) is 5.10 Å². The van der Waals surface area contributed by atoms with Crippen LogP contribution in [0.1, 0.15) is 32.7 Å². The van der Waals surface area contributed by atoms with Crippen LogP contribution in [-0.2, 0) is 0 Å². The molecule has 1 fully saturated rings. The first kappa shape index (κ1) is 6.89. The average molecular weight is 150 g/mol. The van der Waals surface area contributed by atoms with Gasteiger partial charge in [0.05, 0.1) is 6.04 Å². The zero-order valence-electron chi connectivity index (χ0n) is 7.12. The minimum Gasteiger partial charge on any atom is -0.270 e. The molecule has 1 saturated carbocycles. The van der Waals surface area contributed by atoms with Crippen LogP contribution in [0.15, 0.2) is 18.5 Å². The molecule has 11 heavy (non-hydrogen) atoms. The van der Waals surface area contributed by atoms with E-state index < -0.39 is 0 Å². The van der Waals surface area contributed by atoms with Crippen LogP contribution in [0.5, 0.6) is 0 Å². The van der Waals surface area contributed by atoms with E-state index in [0.29, 0.717) is 11.5 Å². The summed E-state index contributed by atoms with van der Waals surface area (Å²) in [6.07, 6.45) is 6.45. The zero-order chi connectivity index (χ0) is 7.90. The first-order valence-corrected chi connectivity index (χ1v) is 4.16. The molecule has 60 valence electrons. The number of nitrogens with zero attached hydrogens (tertiary/aromatic N) is 2. The lowest BCUT2D eigenvalue weighted by molar-refractivity contribution is 0.0948. The van der Waals surface area contributed by atoms with Gasteiger partial charge in [0.25, 0.3) is 0 Å². The molecule has 0 N–H and O–H groups in total. The fraction of sp³-hybridized carbons (Fsp3) is 0.667. The molecule has 1 aliphatic rings. The standard InChI is InChI=1S/C9H14N2/c1-9(2)6-8(7-9)11-5-3-4-10-11/h3-5,8H,6-7H2,1-2H3. The van der Waals surface area contributed by atoms with Gasteiger partial charge in [-0.05, 0) is 24.3 Å². The monoisotopic (exact) mass is 150 g/mol. The molecular weight excluding hydrogens is 136 g/mol. The molecule has 2 heteroatoms. The van der Waals surface area contributed by atoms with E-state index in [4.69, 9.17) is 0 Å². The van der Waals surface area contributed by atoms with E-state index in [1.807, 2.05) is 12.3 Å².